The zero-order chi connectivity index (χ0) is 16.0. The Morgan fingerprint density at radius 3 is 2.38 bits per heavy atom. The number of nitrogens with zero attached hydrogens (tertiary/aromatic N) is 2. The molecular weight excluding hydrogens is 309 g/mol. The Kier molecular flexibility index (Phi) is 6.14. The summed E-state index contributed by atoms with van der Waals surface area (Å²) >= 11 is 0. The molecule has 0 amide bonds. The highest BCUT2D eigenvalue weighted by molar-refractivity contribution is 7.89. The molecule has 0 radical (unpaired) electrons. The number of halogens is 3. The van der Waals surface area contributed by atoms with Crippen LogP contribution in [0.3, 0.4) is 0 Å². The predicted octanol–water partition coefficient (Wildman–Crippen LogP) is 1.65. The molecular formula is C12H13F3N2O3S. The lowest BCUT2D eigenvalue weighted by atomic mass is 10.3. The third kappa shape index (κ3) is 4.17. The van der Waals surface area contributed by atoms with Gasteiger partial charge in [-0.3, -0.25) is 0 Å². The second-order valence-corrected chi connectivity index (χ2v) is 5.91. The lowest BCUT2D eigenvalue weighted by Gasteiger charge is -2.21. The van der Waals surface area contributed by atoms with E-state index in [2.05, 4.69) is 0 Å². The summed E-state index contributed by atoms with van der Waals surface area (Å²) < 4.78 is 69.7. The smallest absolute Gasteiger partial charge is 0.246 e. The molecule has 5 nitrogen and oxygen atoms in total. The number of hydrogen-bond acceptors (Lipinski definition) is 4. The second-order valence-electron chi connectivity index (χ2n) is 4.00. The van der Waals surface area contributed by atoms with Crippen molar-refractivity contribution in [1.29, 1.82) is 5.26 Å². The molecule has 0 unspecified atom stereocenters. The molecule has 0 N–H and O–H groups in total. The van der Waals surface area contributed by atoms with Crippen LogP contribution in [0.4, 0.5) is 13.2 Å². The third-order valence-corrected chi connectivity index (χ3v) is 4.52. The predicted molar refractivity (Wildman–Crippen MR) is 67.2 cm³/mol. The second kappa shape index (κ2) is 7.40. The average Bonchev–Trinajstić information content (AvgIpc) is 2.42. The van der Waals surface area contributed by atoms with Gasteiger partial charge in [0.15, 0.2) is 11.6 Å². The van der Waals surface area contributed by atoms with Crippen molar-refractivity contribution in [2.75, 3.05) is 26.8 Å². The van der Waals surface area contributed by atoms with Crippen LogP contribution in [0, 0.1) is 28.8 Å². The van der Waals surface area contributed by atoms with Crippen LogP contribution in [-0.4, -0.2) is 39.5 Å². The summed E-state index contributed by atoms with van der Waals surface area (Å²) in [6.45, 7) is -0.338. The maximum atomic E-state index is 13.6. The Bertz CT molecular complexity index is 644. The van der Waals surface area contributed by atoms with Crippen LogP contribution in [0.2, 0.25) is 0 Å². The molecule has 0 fully saturated rings. The minimum atomic E-state index is -4.39. The maximum absolute atomic E-state index is 13.6. The summed E-state index contributed by atoms with van der Waals surface area (Å²) in [6, 6.07) is 2.21. The first-order valence-corrected chi connectivity index (χ1v) is 7.29. The van der Waals surface area contributed by atoms with Crippen LogP contribution in [0.1, 0.15) is 6.42 Å². The van der Waals surface area contributed by atoms with Crippen molar-refractivity contribution in [3.63, 3.8) is 0 Å². The summed E-state index contributed by atoms with van der Waals surface area (Å²) in [5.41, 5.74) is 0. The van der Waals surface area contributed by atoms with Gasteiger partial charge in [0, 0.05) is 32.7 Å². The van der Waals surface area contributed by atoms with E-state index < -0.39 is 32.4 Å². The molecule has 0 saturated carbocycles. The molecule has 0 heterocycles. The number of benzene rings is 1. The Balaban J connectivity index is 3.22. The summed E-state index contributed by atoms with van der Waals surface area (Å²) in [7, 11) is -3.05. The van der Waals surface area contributed by atoms with E-state index in [1.807, 2.05) is 0 Å². The molecule has 0 aliphatic heterocycles. The molecule has 0 bridgehead atoms. The first-order valence-electron chi connectivity index (χ1n) is 5.85. The molecule has 0 aliphatic rings. The molecule has 9 heteroatoms. The van der Waals surface area contributed by atoms with Gasteiger partial charge in [-0.15, -0.1) is 0 Å². The number of rotatable bonds is 7. The van der Waals surface area contributed by atoms with Gasteiger partial charge in [0.25, 0.3) is 0 Å². The number of nitriles is 1. The fourth-order valence-corrected chi connectivity index (χ4v) is 3.04. The summed E-state index contributed by atoms with van der Waals surface area (Å²) in [5, 5.41) is 8.53. The fourth-order valence-electron chi connectivity index (χ4n) is 1.56. The van der Waals surface area contributed by atoms with Crippen molar-refractivity contribution in [1.82, 2.24) is 4.31 Å². The molecule has 0 atom stereocenters. The standard InChI is InChI=1S/C12H13F3N2O3S/c1-20-6-5-17(4-2-3-16)21(18,19)12-8-10(14)9(13)7-11(12)15/h7-8H,2,4-6H2,1H3. The van der Waals surface area contributed by atoms with Gasteiger partial charge in [0.2, 0.25) is 10.0 Å². The molecule has 0 aliphatic carbocycles. The number of sulfonamides is 1. The Morgan fingerprint density at radius 2 is 1.81 bits per heavy atom. The molecule has 21 heavy (non-hydrogen) atoms. The summed E-state index contributed by atoms with van der Waals surface area (Å²) in [4.78, 5) is -0.976. The quantitative estimate of drug-likeness (QED) is 0.716. The lowest BCUT2D eigenvalue weighted by Crippen LogP contribution is -2.35. The first kappa shape index (κ1) is 17.4. The third-order valence-electron chi connectivity index (χ3n) is 2.61. The highest BCUT2D eigenvalue weighted by atomic mass is 32.2. The van der Waals surface area contributed by atoms with Crippen LogP contribution >= 0.6 is 0 Å². The Labute approximate surface area is 120 Å². The van der Waals surface area contributed by atoms with Crippen LogP contribution < -0.4 is 0 Å². The molecule has 0 saturated heterocycles. The van der Waals surface area contributed by atoms with Gasteiger partial charge in [-0.1, -0.05) is 0 Å². The van der Waals surface area contributed by atoms with E-state index >= 15 is 0 Å². The van der Waals surface area contributed by atoms with E-state index in [9.17, 15) is 21.6 Å². The zero-order valence-electron chi connectivity index (χ0n) is 11.1. The number of methoxy groups -OCH3 is 1. The van der Waals surface area contributed by atoms with Gasteiger partial charge in [-0.25, -0.2) is 21.6 Å². The maximum Gasteiger partial charge on any atom is 0.246 e. The summed E-state index contributed by atoms with van der Waals surface area (Å²) in [5.74, 6) is -4.35. The molecule has 116 valence electrons. The minimum Gasteiger partial charge on any atom is -0.383 e. The van der Waals surface area contributed by atoms with Crippen LogP contribution in [-0.2, 0) is 14.8 Å². The van der Waals surface area contributed by atoms with Crippen LogP contribution in [0.25, 0.3) is 0 Å². The van der Waals surface area contributed by atoms with E-state index in [1.165, 1.54) is 7.11 Å². The minimum absolute atomic E-state index is 0.00988. The molecule has 1 aromatic carbocycles. The van der Waals surface area contributed by atoms with E-state index in [4.69, 9.17) is 10.00 Å². The van der Waals surface area contributed by atoms with Gasteiger partial charge >= 0.3 is 0 Å². The van der Waals surface area contributed by atoms with E-state index in [0.717, 1.165) is 4.31 Å². The molecule has 1 rings (SSSR count). The van der Waals surface area contributed by atoms with Crippen molar-refractivity contribution in [3.8, 4) is 6.07 Å². The lowest BCUT2D eigenvalue weighted by molar-refractivity contribution is 0.179. The van der Waals surface area contributed by atoms with E-state index in [1.54, 1.807) is 6.07 Å². The van der Waals surface area contributed by atoms with Crippen LogP contribution in [0.5, 0.6) is 0 Å². The Morgan fingerprint density at radius 1 is 1.19 bits per heavy atom. The first-order chi connectivity index (χ1) is 9.84. The van der Waals surface area contributed by atoms with Crippen molar-refractivity contribution >= 4 is 10.0 Å². The Hall–Kier alpha value is -1.63. The summed E-state index contributed by atoms with van der Waals surface area (Å²) in [6.07, 6.45) is -0.131. The largest absolute Gasteiger partial charge is 0.383 e. The van der Waals surface area contributed by atoms with Gasteiger partial charge < -0.3 is 4.74 Å². The van der Waals surface area contributed by atoms with Gasteiger partial charge in [-0.2, -0.15) is 9.57 Å². The van der Waals surface area contributed by atoms with Crippen molar-refractivity contribution in [3.05, 3.63) is 29.6 Å². The monoisotopic (exact) mass is 322 g/mol. The molecule has 0 spiro atoms. The normalized spacial score (nSPS) is 11.6. The number of ether oxygens (including phenoxy) is 1. The van der Waals surface area contributed by atoms with Gasteiger partial charge in [0.05, 0.1) is 12.7 Å². The van der Waals surface area contributed by atoms with Crippen molar-refractivity contribution < 1.29 is 26.3 Å². The van der Waals surface area contributed by atoms with E-state index in [0.29, 0.717) is 0 Å². The average molecular weight is 322 g/mol. The van der Waals surface area contributed by atoms with Gasteiger partial charge in [-0.05, 0) is 6.07 Å². The number of hydrogen-bond donors (Lipinski definition) is 0. The topological polar surface area (TPSA) is 70.4 Å². The van der Waals surface area contributed by atoms with Crippen molar-refractivity contribution in [2.45, 2.75) is 11.3 Å². The van der Waals surface area contributed by atoms with Crippen molar-refractivity contribution in [2.24, 2.45) is 0 Å². The highest BCUT2D eigenvalue weighted by Crippen LogP contribution is 2.22. The SMILES string of the molecule is COCCN(CCC#N)S(=O)(=O)c1cc(F)c(F)cc1F. The molecule has 0 aromatic heterocycles. The molecule has 1 aromatic rings. The highest BCUT2D eigenvalue weighted by Gasteiger charge is 2.28. The van der Waals surface area contributed by atoms with Crippen LogP contribution in [0.15, 0.2) is 17.0 Å². The zero-order valence-corrected chi connectivity index (χ0v) is 12.0. The van der Waals surface area contributed by atoms with Gasteiger partial charge in [0.1, 0.15) is 10.7 Å². The van der Waals surface area contributed by atoms with E-state index in [-0.39, 0.29) is 38.2 Å². The fraction of sp³-hybridized carbons (Fsp3) is 0.417.